The van der Waals surface area contributed by atoms with Crippen molar-refractivity contribution in [3.05, 3.63) is 0 Å². The van der Waals surface area contributed by atoms with E-state index in [0.29, 0.717) is 0 Å². The van der Waals surface area contributed by atoms with Gasteiger partial charge >= 0.3 is 0 Å². The highest BCUT2D eigenvalue weighted by Gasteiger charge is 2.43. The Kier molecular flexibility index (Phi) is 6.21. The average molecular weight is 283 g/mol. The van der Waals surface area contributed by atoms with E-state index < -0.39 is 0 Å². The van der Waals surface area contributed by atoms with Crippen molar-refractivity contribution in [2.24, 2.45) is 0 Å². The number of hydroxylamine groups is 2. The summed E-state index contributed by atoms with van der Waals surface area (Å²) in [6.45, 7) is 12.7. The van der Waals surface area contributed by atoms with Crippen LogP contribution in [0.1, 0.15) is 86.5 Å². The minimum absolute atomic E-state index is 0.000205. The van der Waals surface area contributed by atoms with Crippen LogP contribution >= 0.6 is 0 Å². The number of carbonyl (C=O) groups is 1. The zero-order valence-corrected chi connectivity index (χ0v) is 14.3. The van der Waals surface area contributed by atoms with E-state index in [2.05, 4.69) is 39.7 Å². The molecule has 0 N–H and O–H groups in total. The number of rotatable bonds is 7. The molecule has 0 aromatic carbocycles. The Morgan fingerprint density at radius 2 is 1.70 bits per heavy atom. The molecule has 0 aromatic rings. The van der Waals surface area contributed by atoms with E-state index in [1.165, 1.54) is 19.3 Å². The van der Waals surface area contributed by atoms with Gasteiger partial charge in [-0.1, -0.05) is 26.2 Å². The van der Waals surface area contributed by atoms with Crippen LogP contribution in [0.3, 0.4) is 0 Å². The van der Waals surface area contributed by atoms with Crippen molar-refractivity contribution in [3.63, 3.8) is 0 Å². The molecule has 3 nitrogen and oxygen atoms in total. The standard InChI is InChI=1S/C17H33NO2/c1-7-8-9-11-15(14(2)19)20-18-16(3,4)12-10-13-17(18,5)6/h15H,7-13H2,1-6H3. The molecule has 0 bridgehead atoms. The van der Waals surface area contributed by atoms with Gasteiger partial charge in [0.1, 0.15) is 6.10 Å². The Bertz CT molecular complexity index is 307. The van der Waals surface area contributed by atoms with Crippen LogP contribution in [-0.4, -0.2) is 28.0 Å². The van der Waals surface area contributed by atoms with Gasteiger partial charge in [-0.25, -0.2) is 0 Å². The predicted octanol–water partition coefficient (Wildman–Crippen LogP) is 4.50. The molecule has 1 atom stereocenters. The summed E-state index contributed by atoms with van der Waals surface area (Å²) in [6.07, 6.45) is 7.43. The van der Waals surface area contributed by atoms with Gasteiger partial charge in [0.2, 0.25) is 0 Å². The van der Waals surface area contributed by atoms with Gasteiger partial charge < -0.3 is 0 Å². The molecule has 0 saturated carbocycles. The summed E-state index contributed by atoms with van der Waals surface area (Å²) >= 11 is 0. The van der Waals surface area contributed by atoms with E-state index >= 15 is 0 Å². The normalized spacial score (nSPS) is 23.5. The maximum absolute atomic E-state index is 11.9. The number of hydrogen-bond acceptors (Lipinski definition) is 3. The van der Waals surface area contributed by atoms with Gasteiger partial charge in [0.15, 0.2) is 5.78 Å². The zero-order valence-electron chi connectivity index (χ0n) is 14.3. The molecule has 1 heterocycles. The number of nitrogens with zero attached hydrogens (tertiary/aromatic N) is 1. The molecule has 0 amide bonds. The Hall–Kier alpha value is -0.410. The van der Waals surface area contributed by atoms with Crippen molar-refractivity contribution in [1.82, 2.24) is 5.06 Å². The predicted molar refractivity (Wildman–Crippen MR) is 83.5 cm³/mol. The molecule has 118 valence electrons. The first kappa shape index (κ1) is 17.6. The molecule has 1 aliphatic heterocycles. The van der Waals surface area contributed by atoms with Crippen LogP contribution in [-0.2, 0) is 9.63 Å². The third-order valence-electron chi connectivity index (χ3n) is 4.43. The molecule has 0 spiro atoms. The molecule has 1 fully saturated rings. The van der Waals surface area contributed by atoms with Gasteiger partial charge in [0, 0.05) is 11.1 Å². The summed E-state index contributed by atoms with van der Waals surface area (Å²) in [5, 5.41) is 2.11. The second kappa shape index (κ2) is 7.04. The minimum Gasteiger partial charge on any atom is -0.297 e. The van der Waals surface area contributed by atoms with E-state index in [-0.39, 0.29) is 23.0 Å². The summed E-state index contributed by atoms with van der Waals surface area (Å²) in [4.78, 5) is 18.1. The first-order valence-electron chi connectivity index (χ1n) is 8.18. The van der Waals surface area contributed by atoms with Crippen molar-refractivity contribution in [2.75, 3.05) is 0 Å². The van der Waals surface area contributed by atoms with Gasteiger partial charge in [-0.15, -0.1) is 0 Å². The average Bonchev–Trinajstić information content (AvgIpc) is 2.30. The number of ketones is 1. The molecular weight excluding hydrogens is 250 g/mol. The molecule has 0 aliphatic carbocycles. The van der Waals surface area contributed by atoms with Crippen LogP contribution in [0.25, 0.3) is 0 Å². The Morgan fingerprint density at radius 1 is 1.15 bits per heavy atom. The van der Waals surface area contributed by atoms with E-state index in [4.69, 9.17) is 4.84 Å². The Morgan fingerprint density at radius 3 is 2.15 bits per heavy atom. The minimum atomic E-state index is -0.279. The fraction of sp³-hybridized carbons (Fsp3) is 0.941. The molecule has 0 radical (unpaired) electrons. The van der Waals surface area contributed by atoms with Crippen molar-refractivity contribution >= 4 is 5.78 Å². The van der Waals surface area contributed by atoms with E-state index in [1.807, 2.05) is 0 Å². The third-order valence-corrected chi connectivity index (χ3v) is 4.43. The lowest BCUT2D eigenvalue weighted by Gasteiger charge is -2.52. The van der Waals surface area contributed by atoms with Crippen LogP contribution in [0.5, 0.6) is 0 Å². The van der Waals surface area contributed by atoms with E-state index in [9.17, 15) is 4.79 Å². The first-order chi connectivity index (χ1) is 9.20. The summed E-state index contributed by atoms with van der Waals surface area (Å²) in [5.74, 6) is 0.151. The lowest BCUT2D eigenvalue weighted by atomic mass is 9.82. The molecule has 20 heavy (non-hydrogen) atoms. The Balaban J connectivity index is 2.75. The first-order valence-corrected chi connectivity index (χ1v) is 8.18. The van der Waals surface area contributed by atoms with Gasteiger partial charge in [0.05, 0.1) is 0 Å². The molecular formula is C17H33NO2. The fourth-order valence-corrected chi connectivity index (χ4v) is 3.30. The number of Topliss-reactive ketones (excluding diaryl/α,β-unsaturated/α-hetero) is 1. The fourth-order valence-electron chi connectivity index (χ4n) is 3.30. The van der Waals surface area contributed by atoms with Crippen molar-refractivity contribution in [2.45, 2.75) is 104 Å². The van der Waals surface area contributed by atoms with E-state index in [0.717, 1.165) is 25.7 Å². The largest absolute Gasteiger partial charge is 0.297 e. The number of carbonyl (C=O) groups excluding carboxylic acids is 1. The number of unbranched alkanes of at least 4 members (excludes halogenated alkanes) is 2. The summed E-state index contributed by atoms with van der Waals surface area (Å²) in [5.41, 5.74) is 0.000409. The second-order valence-corrected chi connectivity index (χ2v) is 7.47. The molecule has 0 aromatic heterocycles. The highest BCUT2D eigenvalue weighted by Crippen LogP contribution is 2.39. The lowest BCUT2D eigenvalue weighted by molar-refractivity contribution is -0.299. The third kappa shape index (κ3) is 4.56. The van der Waals surface area contributed by atoms with Crippen molar-refractivity contribution in [1.29, 1.82) is 0 Å². The number of piperidine rings is 1. The Labute approximate surface area is 125 Å². The maximum atomic E-state index is 11.9. The summed E-state index contributed by atoms with van der Waals surface area (Å²) in [6, 6.07) is 0. The second-order valence-electron chi connectivity index (χ2n) is 7.47. The maximum Gasteiger partial charge on any atom is 0.160 e. The topological polar surface area (TPSA) is 29.5 Å². The quantitative estimate of drug-likeness (QED) is 0.644. The summed E-state index contributed by atoms with van der Waals surface area (Å²) in [7, 11) is 0. The number of hydrogen-bond donors (Lipinski definition) is 0. The zero-order chi connectivity index (χ0) is 15.4. The molecule has 1 saturated heterocycles. The molecule has 1 rings (SSSR count). The SMILES string of the molecule is CCCCCC(ON1C(C)(C)CCCC1(C)C)C(C)=O. The van der Waals surface area contributed by atoms with Gasteiger partial charge in [-0.05, 0) is 60.3 Å². The molecule has 1 aliphatic rings. The van der Waals surface area contributed by atoms with Crippen LogP contribution in [0.2, 0.25) is 0 Å². The summed E-state index contributed by atoms with van der Waals surface area (Å²) < 4.78 is 0. The van der Waals surface area contributed by atoms with Gasteiger partial charge in [0.25, 0.3) is 0 Å². The highest BCUT2D eigenvalue weighted by molar-refractivity contribution is 5.80. The van der Waals surface area contributed by atoms with Crippen LogP contribution in [0, 0.1) is 0 Å². The van der Waals surface area contributed by atoms with Crippen LogP contribution in [0.4, 0.5) is 0 Å². The van der Waals surface area contributed by atoms with Crippen molar-refractivity contribution < 1.29 is 9.63 Å². The van der Waals surface area contributed by atoms with Gasteiger partial charge in [-0.2, -0.15) is 5.06 Å². The highest BCUT2D eigenvalue weighted by atomic mass is 16.7. The van der Waals surface area contributed by atoms with Crippen LogP contribution < -0.4 is 0 Å². The molecule has 3 heteroatoms. The monoisotopic (exact) mass is 283 g/mol. The van der Waals surface area contributed by atoms with Gasteiger partial charge in [-0.3, -0.25) is 9.63 Å². The van der Waals surface area contributed by atoms with Crippen molar-refractivity contribution in [3.8, 4) is 0 Å². The lowest BCUT2D eigenvalue weighted by Crippen LogP contribution is -2.59. The molecule has 1 unspecified atom stereocenters. The van der Waals surface area contributed by atoms with E-state index in [1.54, 1.807) is 6.92 Å². The van der Waals surface area contributed by atoms with Crippen LogP contribution in [0.15, 0.2) is 0 Å². The smallest absolute Gasteiger partial charge is 0.160 e.